The van der Waals surface area contributed by atoms with Gasteiger partial charge in [-0.2, -0.15) is 0 Å². The van der Waals surface area contributed by atoms with E-state index in [4.69, 9.17) is 9.73 Å². The first-order valence-corrected chi connectivity index (χ1v) is 11.6. The lowest BCUT2D eigenvalue weighted by Gasteiger charge is -2.26. The molecule has 1 atom stereocenters. The third kappa shape index (κ3) is 3.90. The third-order valence-electron chi connectivity index (χ3n) is 5.71. The highest BCUT2D eigenvalue weighted by Gasteiger charge is 2.41. The van der Waals surface area contributed by atoms with Crippen molar-refractivity contribution in [1.82, 2.24) is 14.8 Å². The van der Waals surface area contributed by atoms with Gasteiger partial charge >= 0.3 is 5.97 Å². The molecule has 0 bridgehead atoms. The van der Waals surface area contributed by atoms with Gasteiger partial charge in [0.05, 0.1) is 12.1 Å². The van der Waals surface area contributed by atoms with Gasteiger partial charge in [-0.3, -0.25) is 14.4 Å². The van der Waals surface area contributed by atoms with Crippen LogP contribution in [-0.4, -0.2) is 32.0 Å². The molecule has 4 rings (SSSR count). The van der Waals surface area contributed by atoms with Crippen LogP contribution >= 0.6 is 11.3 Å². The largest absolute Gasteiger partial charge is 0.460 e. The van der Waals surface area contributed by atoms with E-state index in [0.717, 1.165) is 27.7 Å². The molecule has 0 radical (unpaired) electrons. The molecule has 0 saturated heterocycles. The first-order valence-electron chi connectivity index (χ1n) is 10.8. The van der Waals surface area contributed by atoms with Crippen LogP contribution in [0.25, 0.3) is 5.00 Å². The Balaban J connectivity index is 1.98. The van der Waals surface area contributed by atoms with E-state index in [9.17, 15) is 4.79 Å². The number of aliphatic imine (C=N–C) groups is 1. The number of esters is 1. The summed E-state index contributed by atoms with van der Waals surface area (Å²) in [7, 11) is 0. The third-order valence-corrected chi connectivity index (χ3v) is 6.90. The minimum atomic E-state index is -0.928. The smallest absolute Gasteiger partial charge is 0.309 e. The monoisotopic (exact) mass is 450 g/mol. The highest BCUT2D eigenvalue weighted by molar-refractivity contribution is 7.15. The summed E-state index contributed by atoms with van der Waals surface area (Å²) in [5.74, 6) is 1.13. The normalized spacial score (nSPS) is 17.9. The lowest BCUT2D eigenvalue weighted by Crippen LogP contribution is -2.32. The Morgan fingerprint density at radius 3 is 2.38 bits per heavy atom. The quantitative estimate of drug-likeness (QED) is 0.504. The van der Waals surface area contributed by atoms with Crippen LogP contribution in [0.1, 0.15) is 72.9 Å². The number of carbonyl (C=O) groups is 1. The Labute approximate surface area is 193 Å². The van der Waals surface area contributed by atoms with Crippen molar-refractivity contribution in [3.8, 4) is 5.00 Å². The highest BCUT2D eigenvalue weighted by atomic mass is 32.1. The topological polar surface area (TPSA) is 69.4 Å². The summed E-state index contributed by atoms with van der Waals surface area (Å²) < 4.78 is 7.73. The Bertz CT molecular complexity index is 1230. The second kappa shape index (κ2) is 7.66. The van der Waals surface area contributed by atoms with Crippen LogP contribution < -0.4 is 0 Å². The van der Waals surface area contributed by atoms with Gasteiger partial charge in [-0.15, -0.1) is 21.5 Å². The molecule has 168 valence electrons. The molecular formula is C25H30N4O2S. The van der Waals surface area contributed by atoms with Crippen LogP contribution in [0.2, 0.25) is 0 Å². The molecule has 3 aromatic rings. The summed E-state index contributed by atoms with van der Waals surface area (Å²) in [5, 5.41) is 9.91. The Morgan fingerprint density at radius 1 is 1.09 bits per heavy atom. The molecule has 0 spiro atoms. The minimum absolute atomic E-state index is 0.0741. The van der Waals surface area contributed by atoms with E-state index >= 15 is 0 Å². The number of hydrogen-bond acceptors (Lipinski definition) is 6. The molecule has 0 saturated carbocycles. The molecule has 0 aliphatic carbocycles. The van der Waals surface area contributed by atoms with Gasteiger partial charge in [0.15, 0.2) is 5.82 Å². The molecule has 0 unspecified atom stereocenters. The average Bonchev–Trinajstić information content (AvgIpc) is 3.16. The van der Waals surface area contributed by atoms with Crippen LogP contribution in [0.15, 0.2) is 29.3 Å². The van der Waals surface area contributed by atoms with Crippen molar-refractivity contribution in [1.29, 1.82) is 0 Å². The van der Waals surface area contributed by atoms with Crippen molar-refractivity contribution >= 4 is 23.0 Å². The molecule has 7 heteroatoms. The average molecular weight is 451 g/mol. The molecule has 0 N–H and O–H groups in total. The van der Waals surface area contributed by atoms with E-state index in [1.165, 1.54) is 16.0 Å². The second-order valence-corrected chi connectivity index (χ2v) is 10.9. The number of carbonyl (C=O) groups excluding carboxylic acids is 1. The number of ether oxygens (including phenoxy) is 1. The fourth-order valence-electron chi connectivity index (χ4n) is 4.05. The van der Waals surface area contributed by atoms with Gasteiger partial charge in [-0.25, -0.2) is 0 Å². The maximum Gasteiger partial charge on any atom is 0.309 e. The molecule has 3 heterocycles. The molecule has 1 aliphatic rings. The van der Waals surface area contributed by atoms with Gasteiger partial charge in [0, 0.05) is 16.0 Å². The van der Waals surface area contributed by atoms with Crippen LogP contribution in [0, 0.1) is 27.7 Å². The van der Waals surface area contributed by atoms with E-state index in [1.807, 2.05) is 34.6 Å². The van der Waals surface area contributed by atoms with Gasteiger partial charge in [0.25, 0.3) is 0 Å². The van der Waals surface area contributed by atoms with E-state index < -0.39 is 11.1 Å². The molecule has 6 nitrogen and oxygen atoms in total. The number of aryl methyl sites for hydroxylation is 3. The number of rotatable bonds is 3. The Hall–Kier alpha value is -2.80. The Kier molecular flexibility index (Phi) is 5.36. The summed E-state index contributed by atoms with van der Waals surface area (Å²) in [5.41, 5.74) is 3.84. The molecule has 32 heavy (non-hydrogen) atoms. The first kappa shape index (κ1) is 22.4. The van der Waals surface area contributed by atoms with Crippen molar-refractivity contribution in [2.24, 2.45) is 4.99 Å². The molecule has 1 aromatic carbocycles. The van der Waals surface area contributed by atoms with Crippen LogP contribution in [-0.2, 0) is 15.1 Å². The number of hydrogen-bond donors (Lipinski definition) is 0. The van der Waals surface area contributed by atoms with E-state index in [1.54, 1.807) is 11.3 Å². The van der Waals surface area contributed by atoms with Gasteiger partial charge in [0.2, 0.25) is 0 Å². The number of nitrogens with zero attached hydrogens (tertiary/aromatic N) is 4. The fraction of sp³-hybridized carbons (Fsp3) is 0.440. The number of benzene rings is 1. The van der Waals surface area contributed by atoms with E-state index in [2.05, 4.69) is 59.8 Å². The SMILES string of the molecule is Cc1ccc(C2=N[C@@](C)(CC(=O)OC(C)(C)C)c3nnc(C)n3-c3sc(C)c(C)c32)cc1. The zero-order valence-corrected chi connectivity index (χ0v) is 20.8. The van der Waals surface area contributed by atoms with Gasteiger partial charge < -0.3 is 4.74 Å². The van der Waals surface area contributed by atoms with Crippen LogP contribution in [0.4, 0.5) is 0 Å². The summed E-state index contributed by atoms with van der Waals surface area (Å²) in [4.78, 5) is 19.4. The van der Waals surface area contributed by atoms with E-state index in [0.29, 0.717) is 5.82 Å². The standard InChI is InChI=1S/C25H30N4O2S/c1-14-9-11-18(12-10-14)21-20-15(2)16(3)32-22(20)29-17(4)27-28-23(29)25(8,26-21)13-19(30)31-24(5,6)7/h9-12H,13H2,1-8H3/t25-/m0/s1. The number of fused-ring (bicyclic) bond motifs is 3. The molecule has 2 aromatic heterocycles. The predicted octanol–water partition coefficient (Wildman–Crippen LogP) is 5.36. The fourth-order valence-corrected chi connectivity index (χ4v) is 5.26. The summed E-state index contributed by atoms with van der Waals surface area (Å²) >= 11 is 1.71. The van der Waals surface area contributed by atoms with Crippen LogP contribution in [0.5, 0.6) is 0 Å². The van der Waals surface area contributed by atoms with Crippen molar-refractivity contribution in [2.45, 2.75) is 73.0 Å². The van der Waals surface area contributed by atoms with Gasteiger partial charge in [-0.1, -0.05) is 29.8 Å². The zero-order chi connectivity index (χ0) is 23.4. The number of aromatic nitrogens is 3. The molecule has 0 fully saturated rings. The minimum Gasteiger partial charge on any atom is -0.460 e. The maximum atomic E-state index is 12.9. The lowest BCUT2D eigenvalue weighted by atomic mass is 9.95. The van der Waals surface area contributed by atoms with Gasteiger partial charge in [0.1, 0.15) is 22.0 Å². The summed E-state index contributed by atoms with van der Waals surface area (Å²) in [6.07, 6.45) is 0.0741. The highest BCUT2D eigenvalue weighted by Crippen LogP contribution is 2.42. The zero-order valence-electron chi connectivity index (χ0n) is 20.0. The molecule has 1 aliphatic heterocycles. The predicted molar refractivity (Wildman–Crippen MR) is 128 cm³/mol. The second-order valence-electron chi connectivity index (χ2n) is 9.73. The van der Waals surface area contributed by atoms with Crippen molar-refractivity contribution in [2.75, 3.05) is 0 Å². The number of thiophene rings is 1. The Morgan fingerprint density at radius 2 is 1.75 bits per heavy atom. The van der Waals surface area contributed by atoms with Crippen molar-refractivity contribution in [3.63, 3.8) is 0 Å². The van der Waals surface area contributed by atoms with Crippen molar-refractivity contribution < 1.29 is 9.53 Å². The van der Waals surface area contributed by atoms with Crippen molar-refractivity contribution in [3.05, 3.63) is 63.0 Å². The summed E-state index contributed by atoms with van der Waals surface area (Å²) in [6, 6.07) is 8.37. The van der Waals surface area contributed by atoms with Crippen LogP contribution in [0.3, 0.4) is 0 Å². The summed E-state index contributed by atoms with van der Waals surface area (Å²) in [6.45, 7) is 15.8. The first-order chi connectivity index (χ1) is 14.9. The maximum absolute atomic E-state index is 12.9. The van der Waals surface area contributed by atoms with Gasteiger partial charge in [-0.05, 0) is 61.0 Å². The van der Waals surface area contributed by atoms with E-state index in [-0.39, 0.29) is 12.4 Å². The lowest BCUT2D eigenvalue weighted by molar-refractivity contribution is -0.156. The molecule has 0 amide bonds. The molecular weight excluding hydrogens is 420 g/mol.